The highest BCUT2D eigenvalue weighted by atomic mass is 16.5. The summed E-state index contributed by atoms with van der Waals surface area (Å²) < 4.78 is 5.17. The Morgan fingerprint density at radius 2 is 2.06 bits per heavy atom. The third-order valence-corrected chi connectivity index (χ3v) is 2.78. The highest BCUT2D eigenvalue weighted by Gasteiger charge is 2.47. The zero-order chi connectivity index (χ0) is 14.3. The number of carbonyl (C=O) groups is 2. The molecule has 4 heteroatoms. The van der Waals surface area contributed by atoms with Crippen molar-refractivity contribution < 1.29 is 19.4 Å². The van der Waals surface area contributed by atoms with Crippen LogP contribution in [0.4, 0.5) is 0 Å². The lowest BCUT2D eigenvalue weighted by molar-refractivity contribution is -0.172. The Balaban J connectivity index is 5.27. The molecule has 0 aromatic heterocycles. The van der Waals surface area contributed by atoms with Gasteiger partial charge in [0.1, 0.15) is 0 Å². The maximum Gasteiger partial charge on any atom is 0.324 e. The molecule has 0 bridgehead atoms. The van der Waals surface area contributed by atoms with E-state index in [0.717, 1.165) is 0 Å². The first kappa shape index (κ1) is 16.4. The lowest BCUT2D eigenvalue weighted by Gasteiger charge is -2.27. The van der Waals surface area contributed by atoms with Crippen LogP contribution in [0, 0.1) is 5.41 Å². The minimum Gasteiger partial charge on any atom is -0.480 e. The minimum atomic E-state index is -1.60. The fraction of sp³-hybridized carbons (Fsp3) is 0.571. The van der Waals surface area contributed by atoms with Gasteiger partial charge in [-0.05, 0) is 33.1 Å². The van der Waals surface area contributed by atoms with Gasteiger partial charge in [0.15, 0.2) is 5.41 Å². The van der Waals surface area contributed by atoms with E-state index in [1.165, 1.54) is 6.08 Å². The summed E-state index contributed by atoms with van der Waals surface area (Å²) in [6.07, 6.45) is 1.86. The first-order valence-corrected chi connectivity index (χ1v) is 6.00. The molecule has 18 heavy (non-hydrogen) atoms. The van der Waals surface area contributed by atoms with Crippen LogP contribution in [-0.2, 0) is 14.3 Å². The second kappa shape index (κ2) is 6.99. The maximum absolute atomic E-state index is 12.1. The van der Waals surface area contributed by atoms with Gasteiger partial charge in [0.05, 0.1) is 6.10 Å². The number of ether oxygens (including phenoxy) is 1. The van der Waals surface area contributed by atoms with E-state index >= 15 is 0 Å². The van der Waals surface area contributed by atoms with E-state index in [1.807, 2.05) is 6.92 Å². The molecular formula is C14H22O4. The van der Waals surface area contributed by atoms with Crippen molar-refractivity contribution >= 4 is 11.9 Å². The van der Waals surface area contributed by atoms with Gasteiger partial charge in [0, 0.05) is 0 Å². The SMILES string of the molecule is C=CCC(CC(=C)C)(C(=O)O)C(=O)OC(C)CC. The zero-order valence-corrected chi connectivity index (χ0v) is 11.4. The first-order valence-electron chi connectivity index (χ1n) is 6.00. The van der Waals surface area contributed by atoms with Crippen molar-refractivity contribution in [2.75, 3.05) is 0 Å². The van der Waals surface area contributed by atoms with Gasteiger partial charge in [-0.25, -0.2) is 0 Å². The van der Waals surface area contributed by atoms with Gasteiger partial charge in [-0.3, -0.25) is 9.59 Å². The second-order valence-corrected chi connectivity index (χ2v) is 4.64. The molecule has 102 valence electrons. The van der Waals surface area contributed by atoms with Crippen LogP contribution in [0.3, 0.4) is 0 Å². The van der Waals surface area contributed by atoms with E-state index in [9.17, 15) is 14.7 Å². The van der Waals surface area contributed by atoms with E-state index in [1.54, 1.807) is 13.8 Å². The summed E-state index contributed by atoms with van der Waals surface area (Å²) in [5.41, 5.74) is -0.975. The Bertz CT molecular complexity index is 346. The van der Waals surface area contributed by atoms with Gasteiger partial charge < -0.3 is 9.84 Å². The summed E-state index contributed by atoms with van der Waals surface area (Å²) in [5, 5.41) is 9.37. The van der Waals surface area contributed by atoms with Crippen LogP contribution in [0.5, 0.6) is 0 Å². The maximum atomic E-state index is 12.1. The fourth-order valence-electron chi connectivity index (χ4n) is 1.62. The number of aliphatic carboxylic acids is 1. The van der Waals surface area contributed by atoms with E-state index in [-0.39, 0.29) is 18.9 Å². The first-order chi connectivity index (χ1) is 8.30. The molecule has 0 saturated heterocycles. The summed E-state index contributed by atoms with van der Waals surface area (Å²) in [7, 11) is 0. The van der Waals surface area contributed by atoms with Gasteiger partial charge in [-0.1, -0.05) is 18.6 Å². The zero-order valence-electron chi connectivity index (χ0n) is 11.4. The van der Waals surface area contributed by atoms with Crippen molar-refractivity contribution in [3.05, 3.63) is 24.8 Å². The van der Waals surface area contributed by atoms with Crippen molar-refractivity contribution in [3.63, 3.8) is 0 Å². The Kier molecular flexibility index (Phi) is 6.37. The van der Waals surface area contributed by atoms with E-state index in [2.05, 4.69) is 13.2 Å². The summed E-state index contributed by atoms with van der Waals surface area (Å²) >= 11 is 0. The van der Waals surface area contributed by atoms with Gasteiger partial charge in [0.25, 0.3) is 0 Å². The number of rotatable bonds is 8. The molecular weight excluding hydrogens is 232 g/mol. The molecule has 0 aliphatic carbocycles. The standard InChI is InChI=1S/C14H22O4/c1-6-8-14(12(15)16,9-10(3)4)13(17)18-11(5)7-2/h6,11H,1,3,7-9H2,2,4-5H3,(H,15,16). The largest absolute Gasteiger partial charge is 0.480 e. The number of carbonyl (C=O) groups excluding carboxylic acids is 1. The van der Waals surface area contributed by atoms with Crippen molar-refractivity contribution in [1.82, 2.24) is 0 Å². The molecule has 0 fully saturated rings. The van der Waals surface area contributed by atoms with E-state index < -0.39 is 17.4 Å². The Labute approximate surface area is 108 Å². The Morgan fingerprint density at radius 3 is 2.39 bits per heavy atom. The Morgan fingerprint density at radius 1 is 1.50 bits per heavy atom. The minimum absolute atomic E-state index is 0.0322. The van der Waals surface area contributed by atoms with E-state index in [4.69, 9.17) is 4.74 Å². The average Bonchev–Trinajstić information content (AvgIpc) is 2.26. The number of hydrogen-bond acceptors (Lipinski definition) is 3. The Hall–Kier alpha value is -1.58. The van der Waals surface area contributed by atoms with Gasteiger partial charge in [0.2, 0.25) is 0 Å². The van der Waals surface area contributed by atoms with Crippen LogP contribution in [-0.4, -0.2) is 23.1 Å². The number of allylic oxidation sites excluding steroid dienone is 2. The van der Waals surface area contributed by atoms with Crippen LogP contribution in [0.15, 0.2) is 24.8 Å². The van der Waals surface area contributed by atoms with Crippen LogP contribution in [0.25, 0.3) is 0 Å². The molecule has 2 unspecified atom stereocenters. The van der Waals surface area contributed by atoms with Crippen LogP contribution < -0.4 is 0 Å². The van der Waals surface area contributed by atoms with Gasteiger partial charge >= 0.3 is 11.9 Å². The third kappa shape index (κ3) is 4.02. The number of esters is 1. The van der Waals surface area contributed by atoms with Crippen molar-refractivity contribution in [2.24, 2.45) is 5.41 Å². The smallest absolute Gasteiger partial charge is 0.324 e. The molecule has 0 aliphatic heterocycles. The van der Waals surface area contributed by atoms with Crippen molar-refractivity contribution in [2.45, 2.75) is 46.1 Å². The molecule has 4 nitrogen and oxygen atoms in total. The summed E-state index contributed by atoms with van der Waals surface area (Å²) in [6, 6.07) is 0. The molecule has 2 atom stereocenters. The van der Waals surface area contributed by atoms with Crippen LogP contribution in [0.1, 0.15) is 40.0 Å². The number of carboxylic acids is 1. The van der Waals surface area contributed by atoms with Crippen LogP contribution in [0.2, 0.25) is 0 Å². The summed E-state index contributed by atoms with van der Waals surface area (Å²) in [4.78, 5) is 23.6. The normalized spacial score (nSPS) is 15.3. The predicted octanol–water partition coefficient (Wildman–Crippen LogP) is 2.94. The molecule has 0 aromatic carbocycles. The predicted molar refractivity (Wildman–Crippen MR) is 70.2 cm³/mol. The lowest BCUT2D eigenvalue weighted by Crippen LogP contribution is -2.41. The molecule has 0 aliphatic rings. The molecule has 0 spiro atoms. The molecule has 0 radical (unpaired) electrons. The molecule has 1 N–H and O–H groups in total. The average molecular weight is 254 g/mol. The summed E-state index contributed by atoms with van der Waals surface area (Å²) in [6.45, 7) is 12.5. The topological polar surface area (TPSA) is 63.6 Å². The van der Waals surface area contributed by atoms with Gasteiger partial charge in [-0.15, -0.1) is 13.2 Å². The highest BCUT2D eigenvalue weighted by Crippen LogP contribution is 2.33. The number of hydrogen-bond donors (Lipinski definition) is 1. The third-order valence-electron chi connectivity index (χ3n) is 2.78. The number of carboxylic acid groups (broad SMARTS) is 1. The molecule has 0 saturated carbocycles. The van der Waals surface area contributed by atoms with E-state index in [0.29, 0.717) is 12.0 Å². The lowest BCUT2D eigenvalue weighted by atomic mass is 9.79. The summed E-state index contributed by atoms with van der Waals surface area (Å²) in [5.74, 6) is -1.91. The fourth-order valence-corrected chi connectivity index (χ4v) is 1.62. The van der Waals surface area contributed by atoms with Gasteiger partial charge in [-0.2, -0.15) is 0 Å². The quantitative estimate of drug-likeness (QED) is 0.411. The van der Waals surface area contributed by atoms with Crippen molar-refractivity contribution in [1.29, 1.82) is 0 Å². The molecule has 0 heterocycles. The van der Waals surface area contributed by atoms with Crippen molar-refractivity contribution in [3.8, 4) is 0 Å². The molecule has 0 rings (SSSR count). The van der Waals surface area contributed by atoms with Crippen LogP contribution >= 0.6 is 0 Å². The molecule has 0 aromatic rings. The highest BCUT2D eigenvalue weighted by molar-refractivity contribution is 5.99. The monoisotopic (exact) mass is 254 g/mol. The second-order valence-electron chi connectivity index (χ2n) is 4.64. The molecule has 0 amide bonds.